The van der Waals surface area contributed by atoms with Gasteiger partial charge in [0.15, 0.2) is 0 Å². The molecule has 51 heavy (non-hydrogen) atoms. The van der Waals surface area contributed by atoms with Crippen molar-refractivity contribution in [3.8, 4) is 0 Å². The Labute approximate surface area is 319 Å². The molecule has 9 nitrogen and oxygen atoms in total. The second kappa shape index (κ2) is 26.3. The summed E-state index contributed by atoms with van der Waals surface area (Å²) >= 11 is 0. The number of aliphatic carboxylic acids is 2. The van der Waals surface area contributed by atoms with Gasteiger partial charge in [-0.25, -0.2) is 0 Å². The third-order valence-electron chi connectivity index (χ3n) is 11.9. The van der Waals surface area contributed by atoms with Crippen LogP contribution in [0.2, 0.25) is 0 Å². The van der Waals surface area contributed by atoms with Gasteiger partial charge < -0.3 is 31.5 Å². The van der Waals surface area contributed by atoms with Gasteiger partial charge in [-0.1, -0.05) is 96.0 Å². The van der Waals surface area contributed by atoms with E-state index in [4.69, 9.17) is 15.2 Å². The minimum Gasteiger partial charge on any atom is -0.481 e. The van der Waals surface area contributed by atoms with Gasteiger partial charge in [0, 0.05) is 80.3 Å². The van der Waals surface area contributed by atoms with Crippen LogP contribution < -0.4 is 21.3 Å². The number of rotatable bonds is 8. The average Bonchev–Trinajstić information content (AvgIpc) is 3.14. The van der Waals surface area contributed by atoms with E-state index in [9.17, 15) is 9.59 Å². The molecule has 0 aromatic carbocycles. The molecule has 5 aliphatic rings. The number of hydrogen-bond acceptors (Lipinski definition) is 7. The molecule has 1 aromatic rings. The fraction of sp³-hybridized carbons (Fsp3) is 0.829. The van der Waals surface area contributed by atoms with E-state index < -0.39 is 11.9 Å². The molecule has 0 amide bonds. The van der Waals surface area contributed by atoms with Crippen LogP contribution in [0.4, 0.5) is 0 Å². The van der Waals surface area contributed by atoms with Gasteiger partial charge in [0.05, 0.1) is 11.4 Å². The number of fused-ring (bicyclic) bond motifs is 4. The minimum absolute atomic E-state index is 0. The van der Waals surface area contributed by atoms with Gasteiger partial charge in [0.2, 0.25) is 0 Å². The first-order valence-corrected chi connectivity index (χ1v) is 20.8. The van der Waals surface area contributed by atoms with E-state index in [1.165, 1.54) is 127 Å². The summed E-state index contributed by atoms with van der Waals surface area (Å²) in [5.41, 5.74) is 2.34. The molecule has 6 N–H and O–H groups in total. The van der Waals surface area contributed by atoms with E-state index in [1.807, 2.05) is 0 Å². The SMILES string of the molecule is O=C(O)CCCC1CCCCC1.O=C(O)CCCC1CCCCC1.[Mn].c1cc2nc(c1)CN[C@@H]1CCCCC1NCCNC1CCCC[C@H]1NC2. The van der Waals surface area contributed by atoms with Crippen LogP contribution in [0.25, 0.3) is 0 Å². The molecule has 2 heterocycles. The van der Waals surface area contributed by atoms with Crippen molar-refractivity contribution in [2.24, 2.45) is 11.8 Å². The molecular weight excluding hydrogens is 681 g/mol. The summed E-state index contributed by atoms with van der Waals surface area (Å²) in [6.45, 7) is 3.89. The number of nitrogens with one attached hydrogen (secondary N) is 4. The number of nitrogens with zero attached hydrogens (tertiary/aromatic N) is 1. The molecule has 0 saturated heterocycles. The van der Waals surface area contributed by atoms with Gasteiger partial charge in [-0.15, -0.1) is 0 Å². The van der Waals surface area contributed by atoms with Crippen molar-refractivity contribution in [1.29, 1.82) is 0 Å². The Kier molecular flexibility index (Phi) is 22.6. The van der Waals surface area contributed by atoms with E-state index in [2.05, 4.69) is 39.5 Å². The second-order valence-corrected chi connectivity index (χ2v) is 15.9. The fourth-order valence-electron chi connectivity index (χ4n) is 8.99. The Morgan fingerprint density at radius 2 is 0.902 bits per heavy atom. The molecular formula is C41H71MnN5O4. The van der Waals surface area contributed by atoms with Crippen molar-refractivity contribution in [2.45, 2.75) is 191 Å². The van der Waals surface area contributed by atoms with Crippen LogP contribution in [0.5, 0.6) is 0 Å². The van der Waals surface area contributed by atoms with E-state index >= 15 is 0 Å². The number of carboxylic acid groups (broad SMARTS) is 2. The molecule has 1 radical (unpaired) electrons. The molecule has 10 heteroatoms. The fourth-order valence-corrected chi connectivity index (χ4v) is 8.99. The largest absolute Gasteiger partial charge is 0.481 e. The van der Waals surface area contributed by atoms with E-state index in [0.29, 0.717) is 37.0 Å². The Bertz CT molecular complexity index is 1000. The monoisotopic (exact) mass is 752 g/mol. The minimum atomic E-state index is -0.647. The predicted molar refractivity (Wildman–Crippen MR) is 202 cm³/mol. The smallest absolute Gasteiger partial charge is 0.303 e. The maximum atomic E-state index is 10.2. The van der Waals surface area contributed by atoms with Crippen LogP contribution in [0.15, 0.2) is 18.2 Å². The first kappa shape index (κ1) is 43.9. The molecule has 4 aliphatic carbocycles. The number of carbonyl (C=O) groups is 2. The van der Waals surface area contributed by atoms with Crippen molar-refractivity contribution in [3.63, 3.8) is 0 Å². The summed E-state index contributed by atoms with van der Waals surface area (Å²) in [5.74, 6) is 0.368. The van der Waals surface area contributed by atoms with Gasteiger partial charge in [-0.05, 0) is 75.3 Å². The molecule has 1 aromatic heterocycles. The molecule has 1 aliphatic heterocycles. The number of carboxylic acids is 2. The molecule has 4 saturated carbocycles. The van der Waals surface area contributed by atoms with Crippen molar-refractivity contribution in [1.82, 2.24) is 26.3 Å². The van der Waals surface area contributed by atoms with E-state index in [1.54, 1.807) is 0 Å². The van der Waals surface area contributed by atoms with Crippen LogP contribution >= 0.6 is 0 Å². The predicted octanol–water partition coefficient (Wildman–Crippen LogP) is 7.72. The summed E-state index contributed by atoms with van der Waals surface area (Å²) in [5, 5.41) is 32.1. The van der Waals surface area contributed by atoms with Crippen molar-refractivity contribution >= 4 is 11.9 Å². The molecule has 6 rings (SSSR count). The average molecular weight is 753 g/mol. The summed E-state index contributed by atoms with van der Waals surface area (Å²) in [6, 6.07) is 8.81. The van der Waals surface area contributed by atoms with Crippen LogP contribution in [-0.4, -0.2) is 64.4 Å². The normalized spacial score (nSPS) is 26.4. The van der Waals surface area contributed by atoms with E-state index in [0.717, 1.165) is 63.7 Å². The van der Waals surface area contributed by atoms with Gasteiger partial charge in [0.1, 0.15) is 0 Å². The molecule has 0 spiro atoms. The molecule has 2 bridgehead atoms. The Morgan fingerprint density at radius 1 is 0.549 bits per heavy atom. The number of pyridine rings is 1. The first-order chi connectivity index (χ1) is 24.5. The zero-order valence-corrected chi connectivity index (χ0v) is 32.7. The maximum Gasteiger partial charge on any atom is 0.303 e. The summed E-state index contributed by atoms with van der Waals surface area (Å²) in [6.07, 6.45) is 28.8. The first-order valence-electron chi connectivity index (χ1n) is 20.8. The van der Waals surface area contributed by atoms with Crippen molar-refractivity contribution in [3.05, 3.63) is 29.6 Å². The van der Waals surface area contributed by atoms with Gasteiger partial charge >= 0.3 is 11.9 Å². The quantitative estimate of drug-likeness (QED) is 0.148. The summed E-state index contributed by atoms with van der Waals surface area (Å²) in [7, 11) is 0. The molecule has 2 unspecified atom stereocenters. The van der Waals surface area contributed by atoms with Crippen LogP contribution in [0, 0.1) is 11.8 Å². The van der Waals surface area contributed by atoms with Crippen molar-refractivity contribution in [2.75, 3.05) is 13.1 Å². The summed E-state index contributed by atoms with van der Waals surface area (Å²) < 4.78 is 0. The number of aromatic nitrogens is 1. The maximum absolute atomic E-state index is 10.2. The molecule has 4 fully saturated rings. The Balaban J connectivity index is 0.000000235. The van der Waals surface area contributed by atoms with Crippen LogP contribution in [-0.2, 0) is 39.7 Å². The van der Waals surface area contributed by atoms with Gasteiger partial charge in [0.25, 0.3) is 0 Å². The topological polar surface area (TPSA) is 136 Å². The van der Waals surface area contributed by atoms with Gasteiger partial charge in [-0.2, -0.15) is 0 Å². The Hall–Kier alpha value is -1.55. The zero-order valence-electron chi connectivity index (χ0n) is 31.5. The van der Waals surface area contributed by atoms with Crippen LogP contribution in [0.3, 0.4) is 0 Å². The Morgan fingerprint density at radius 3 is 1.27 bits per heavy atom. The van der Waals surface area contributed by atoms with E-state index in [-0.39, 0.29) is 17.1 Å². The molecule has 4 atom stereocenters. The zero-order chi connectivity index (χ0) is 35.2. The molecule has 291 valence electrons. The van der Waals surface area contributed by atoms with Crippen molar-refractivity contribution < 1.29 is 36.9 Å². The summed E-state index contributed by atoms with van der Waals surface area (Å²) in [4.78, 5) is 25.4. The second-order valence-electron chi connectivity index (χ2n) is 15.9. The standard InChI is InChI=1S/C21H35N5.2C10H18O2.Mn/c1-3-10-20-18(8-1)22-12-13-23-19-9-2-4-11-21(19)25-15-17-7-5-6-16(26-17)14-24-20;2*11-10(12)8-4-7-9-5-2-1-3-6-9;/h5-7,18-25H,1-4,8-15H2;2*9H,1-8H2,(H,11,12);/t18?,19?,20-,21-;;;/m1.../s1. The third-order valence-corrected chi connectivity index (χ3v) is 11.9. The third kappa shape index (κ3) is 18.4. The van der Waals surface area contributed by atoms with Crippen LogP contribution in [0.1, 0.15) is 165 Å². The van der Waals surface area contributed by atoms with Gasteiger partial charge in [-0.3, -0.25) is 14.6 Å². The number of hydrogen-bond donors (Lipinski definition) is 6.